The van der Waals surface area contributed by atoms with Gasteiger partial charge in [-0.1, -0.05) is 46.7 Å². The summed E-state index contributed by atoms with van der Waals surface area (Å²) in [5, 5.41) is 8.24. The van der Waals surface area contributed by atoms with E-state index in [-0.39, 0.29) is 28.4 Å². The second-order valence-corrected chi connectivity index (χ2v) is 11.3. The summed E-state index contributed by atoms with van der Waals surface area (Å²) < 4.78 is 29.6. The van der Waals surface area contributed by atoms with Crippen LogP contribution in [0.2, 0.25) is 0 Å². The first-order valence-corrected chi connectivity index (χ1v) is 13.1. The van der Waals surface area contributed by atoms with Crippen LogP contribution in [0, 0.1) is 20.8 Å². The standard InChI is InChI=1S/C25H28N6O3S/c1-16-7-10-21(11-8-16)35(33,34)30-12-4-5-19(14-30)23-26-24-22(25(32)27-23)28-29-31(24)15-20-13-17(2)6-9-18(20)3/h6-11,13,19H,4-5,12,14-15H2,1-3H3,(H,26,27,32)/t19-/m1/s1. The van der Waals surface area contributed by atoms with Gasteiger partial charge >= 0.3 is 0 Å². The highest BCUT2D eigenvalue weighted by Gasteiger charge is 2.32. The largest absolute Gasteiger partial charge is 0.308 e. The molecule has 1 saturated heterocycles. The van der Waals surface area contributed by atoms with Gasteiger partial charge in [0.05, 0.1) is 11.4 Å². The molecule has 0 spiro atoms. The zero-order chi connectivity index (χ0) is 24.7. The van der Waals surface area contributed by atoms with Crippen molar-refractivity contribution in [2.75, 3.05) is 13.1 Å². The SMILES string of the molecule is Cc1ccc(S(=O)(=O)N2CCC[C@@H](c3nc4c(nnn4Cc4cc(C)ccc4C)c(=O)[nH]3)C2)cc1. The molecule has 5 rings (SSSR count). The molecule has 1 aliphatic rings. The van der Waals surface area contributed by atoms with Crippen LogP contribution < -0.4 is 5.56 Å². The number of H-pyrrole nitrogens is 1. The van der Waals surface area contributed by atoms with E-state index < -0.39 is 10.0 Å². The number of aromatic amines is 1. The fraction of sp³-hybridized carbons (Fsp3) is 0.360. The first kappa shape index (κ1) is 23.4. The van der Waals surface area contributed by atoms with Crippen LogP contribution in [0.1, 0.15) is 46.8 Å². The van der Waals surface area contributed by atoms with Crippen molar-refractivity contribution in [2.45, 2.75) is 51.0 Å². The van der Waals surface area contributed by atoms with Gasteiger partial charge in [0.2, 0.25) is 10.0 Å². The maximum Gasteiger partial charge on any atom is 0.281 e. The van der Waals surface area contributed by atoms with Gasteiger partial charge < -0.3 is 4.98 Å². The molecule has 2 aromatic carbocycles. The predicted octanol–water partition coefficient (Wildman–Crippen LogP) is 3.06. The van der Waals surface area contributed by atoms with Gasteiger partial charge in [-0.15, -0.1) is 5.10 Å². The van der Waals surface area contributed by atoms with Gasteiger partial charge in [-0.05, 0) is 56.9 Å². The summed E-state index contributed by atoms with van der Waals surface area (Å²) in [5.41, 5.74) is 4.56. The number of fused-ring (bicyclic) bond motifs is 1. The molecule has 35 heavy (non-hydrogen) atoms. The Balaban J connectivity index is 1.46. The molecule has 0 unspecified atom stereocenters. The molecule has 0 aliphatic carbocycles. The lowest BCUT2D eigenvalue weighted by atomic mass is 9.99. The van der Waals surface area contributed by atoms with Gasteiger partial charge in [-0.2, -0.15) is 4.31 Å². The van der Waals surface area contributed by atoms with Crippen LogP contribution in [0.15, 0.2) is 52.2 Å². The van der Waals surface area contributed by atoms with Crippen LogP contribution in [0.25, 0.3) is 11.2 Å². The first-order valence-electron chi connectivity index (χ1n) is 11.7. The van der Waals surface area contributed by atoms with E-state index in [0.29, 0.717) is 31.0 Å². The van der Waals surface area contributed by atoms with Crippen LogP contribution in [0.4, 0.5) is 0 Å². The smallest absolute Gasteiger partial charge is 0.281 e. The summed E-state index contributed by atoms with van der Waals surface area (Å²) in [6.07, 6.45) is 1.41. The van der Waals surface area contributed by atoms with Crippen molar-refractivity contribution in [1.82, 2.24) is 29.3 Å². The number of rotatable bonds is 5. The number of aryl methyl sites for hydroxylation is 3. The second-order valence-electron chi connectivity index (χ2n) is 9.32. The molecule has 1 aliphatic heterocycles. The van der Waals surface area contributed by atoms with Gasteiger partial charge in [0, 0.05) is 19.0 Å². The van der Waals surface area contributed by atoms with Crippen LogP contribution in [-0.4, -0.2) is 50.8 Å². The number of sulfonamides is 1. The van der Waals surface area contributed by atoms with E-state index in [9.17, 15) is 13.2 Å². The summed E-state index contributed by atoms with van der Waals surface area (Å²) in [4.78, 5) is 20.7. The molecule has 4 aromatic rings. The Morgan fingerprint density at radius 3 is 2.57 bits per heavy atom. The zero-order valence-corrected chi connectivity index (χ0v) is 20.8. The summed E-state index contributed by atoms with van der Waals surface area (Å²) in [6.45, 7) is 7.12. The molecule has 1 N–H and O–H groups in total. The average molecular weight is 493 g/mol. The summed E-state index contributed by atoms with van der Waals surface area (Å²) >= 11 is 0. The van der Waals surface area contributed by atoms with Crippen molar-refractivity contribution >= 4 is 21.2 Å². The summed E-state index contributed by atoms with van der Waals surface area (Å²) in [7, 11) is -3.64. The number of hydrogen-bond donors (Lipinski definition) is 1. The van der Waals surface area contributed by atoms with E-state index in [1.165, 1.54) is 4.31 Å². The molecular weight excluding hydrogens is 464 g/mol. The summed E-state index contributed by atoms with van der Waals surface area (Å²) in [6, 6.07) is 13.1. The molecule has 182 valence electrons. The first-order chi connectivity index (χ1) is 16.7. The van der Waals surface area contributed by atoms with Gasteiger partial charge in [-0.3, -0.25) is 4.79 Å². The fourth-order valence-corrected chi connectivity index (χ4v) is 6.08. The molecule has 0 saturated carbocycles. The quantitative estimate of drug-likeness (QED) is 0.458. The van der Waals surface area contributed by atoms with Crippen molar-refractivity contribution in [3.63, 3.8) is 0 Å². The Kier molecular flexibility index (Phi) is 6.02. The minimum atomic E-state index is -3.64. The van der Waals surface area contributed by atoms with Crippen LogP contribution in [0.3, 0.4) is 0 Å². The molecule has 1 atom stereocenters. The molecule has 1 fully saturated rings. The third-order valence-corrected chi connectivity index (χ3v) is 8.53. The lowest BCUT2D eigenvalue weighted by molar-refractivity contribution is 0.309. The number of piperidine rings is 1. The number of benzene rings is 2. The van der Waals surface area contributed by atoms with E-state index in [1.807, 2.05) is 20.8 Å². The van der Waals surface area contributed by atoms with E-state index in [4.69, 9.17) is 4.98 Å². The minimum Gasteiger partial charge on any atom is -0.308 e. The van der Waals surface area contributed by atoms with E-state index in [0.717, 1.165) is 28.7 Å². The monoisotopic (exact) mass is 492 g/mol. The fourth-order valence-electron chi connectivity index (χ4n) is 4.56. The third kappa shape index (κ3) is 4.51. The lowest BCUT2D eigenvalue weighted by Crippen LogP contribution is -2.39. The maximum absolute atomic E-state index is 13.2. The van der Waals surface area contributed by atoms with Gasteiger partial charge in [0.25, 0.3) is 5.56 Å². The number of nitrogens with zero attached hydrogens (tertiary/aromatic N) is 5. The van der Waals surface area contributed by atoms with Gasteiger partial charge in [-0.25, -0.2) is 18.1 Å². The number of nitrogens with one attached hydrogen (secondary N) is 1. The Bertz CT molecular complexity index is 1560. The third-order valence-electron chi connectivity index (χ3n) is 6.65. The van der Waals surface area contributed by atoms with Crippen LogP contribution in [0.5, 0.6) is 0 Å². The zero-order valence-electron chi connectivity index (χ0n) is 20.0. The predicted molar refractivity (Wildman–Crippen MR) is 133 cm³/mol. The normalized spacial score (nSPS) is 17.2. The topological polar surface area (TPSA) is 114 Å². The van der Waals surface area contributed by atoms with E-state index >= 15 is 0 Å². The highest BCUT2D eigenvalue weighted by molar-refractivity contribution is 7.89. The van der Waals surface area contributed by atoms with Crippen molar-refractivity contribution in [1.29, 1.82) is 0 Å². The molecule has 0 radical (unpaired) electrons. The molecule has 0 bridgehead atoms. The Hall–Kier alpha value is -3.37. The Morgan fingerprint density at radius 1 is 1.06 bits per heavy atom. The minimum absolute atomic E-state index is 0.180. The molecule has 0 amide bonds. The average Bonchev–Trinajstić information content (AvgIpc) is 3.25. The van der Waals surface area contributed by atoms with E-state index in [2.05, 4.69) is 33.5 Å². The highest BCUT2D eigenvalue weighted by atomic mass is 32.2. The molecule has 10 heteroatoms. The maximum atomic E-state index is 13.2. The molecule has 9 nitrogen and oxygen atoms in total. The van der Waals surface area contributed by atoms with Crippen molar-refractivity contribution in [2.24, 2.45) is 0 Å². The Labute approximate surface area is 203 Å². The Morgan fingerprint density at radius 2 is 1.80 bits per heavy atom. The summed E-state index contributed by atoms with van der Waals surface area (Å²) in [5.74, 6) is 0.237. The van der Waals surface area contributed by atoms with E-state index in [1.54, 1.807) is 28.9 Å². The number of hydrogen-bond acceptors (Lipinski definition) is 6. The lowest BCUT2D eigenvalue weighted by Gasteiger charge is -2.31. The molecule has 3 heterocycles. The van der Waals surface area contributed by atoms with Crippen molar-refractivity contribution < 1.29 is 8.42 Å². The van der Waals surface area contributed by atoms with Crippen LogP contribution >= 0.6 is 0 Å². The van der Waals surface area contributed by atoms with Gasteiger partial charge in [0.1, 0.15) is 5.82 Å². The number of aromatic nitrogens is 5. The highest BCUT2D eigenvalue weighted by Crippen LogP contribution is 2.29. The van der Waals surface area contributed by atoms with Gasteiger partial charge in [0.15, 0.2) is 11.2 Å². The van der Waals surface area contributed by atoms with Crippen molar-refractivity contribution in [3.8, 4) is 0 Å². The second kappa shape index (κ2) is 9.01. The molecule has 2 aromatic heterocycles. The van der Waals surface area contributed by atoms with Crippen molar-refractivity contribution in [3.05, 3.63) is 80.9 Å². The molecular formula is C25H28N6O3S. The van der Waals surface area contributed by atoms with Crippen LogP contribution in [-0.2, 0) is 16.6 Å².